The minimum absolute atomic E-state index is 0.186. The Balaban J connectivity index is 1.52. The number of fused-ring (bicyclic) bond motifs is 1. The lowest BCUT2D eigenvalue weighted by Crippen LogP contribution is -2.20. The average molecular weight is 442 g/mol. The van der Waals surface area contributed by atoms with Gasteiger partial charge in [-0.15, -0.1) is 0 Å². The molecule has 0 aliphatic heterocycles. The zero-order valence-electron chi connectivity index (χ0n) is 17.9. The number of aromatic carboxylic acids is 1. The number of hydrogen-bond acceptors (Lipinski definition) is 4. The molecule has 0 spiro atoms. The van der Waals surface area contributed by atoms with Crippen LogP contribution in [0.25, 0.3) is 10.8 Å². The summed E-state index contributed by atoms with van der Waals surface area (Å²) in [4.78, 5) is 36.5. The maximum Gasteiger partial charge on any atom is 0.335 e. The summed E-state index contributed by atoms with van der Waals surface area (Å²) in [7, 11) is 1.59. The van der Waals surface area contributed by atoms with Crippen molar-refractivity contribution in [2.75, 3.05) is 12.4 Å². The van der Waals surface area contributed by atoms with Crippen molar-refractivity contribution in [1.82, 2.24) is 4.57 Å². The monoisotopic (exact) mass is 442 g/mol. The van der Waals surface area contributed by atoms with Gasteiger partial charge in [0, 0.05) is 17.3 Å². The van der Waals surface area contributed by atoms with E-state index in [4.69, 9.17) is 9.84 Å². The molecule has 0 fully saturated rings. The molecule has 3 aromatic carbocycles. The lowest BCUT2D eigenvalue weighted by Gasteiger charge is -2.10. The average Bonchev–Trinajstić information content (AvgIpc) is 2.82. The van der Waals surface area contributed by atoms with Crippen LogP contribution in [0.15, 0.2) is 83.8 Å². The third-order valence-corrected chi connectivity index (χ3v) is 5.34. The highest BCUT2D eigenvalue weighted by molar-refractivity contribution is 5.95. The number of hydrogen-bond donors (Lipinski definition) is 2. The van der Waals surface area contributed by atoms with Gasteiger partial charge in [0.05, 0.1) is 25.6 Å². The molecule has 0 aliphatic rings. The number of carboxylic acid groups (broad SMARTS) is 1. The van der Waals surface area contributed by atoms with Crippen molar-refractivity contribution in [1.29, 1.82) is 0 Å². The normalized spacial score (nSPS) is 10.7. The summed E-state index contributed by atoms with van der Waals surface area (Å²) in [6.45, 7) is 0.308. The molecule has 4 rings (SSSR count). The summed E-state index contributed by atoms with van der Waals surface area (Å²) in [5.41, 5.74) is 2.21. The van der Waals surface area contributed by atoms with Crippen LogP contribution in [0.3, 0.4) is 0 Å². The summed E-state index contributed by atoms with van der Waals surface area (Å²) >= 11 is 0. The summed E-state index contributed by atoms with van der Waals surface area (Å²) in [5.74, 6) is -0.455. The third kappa shape index (κ3) is 5.10. The number of pyridine rings is 1. The fourth-order valence-corrected chi connectivity index (χ4v) is 3.57. The molecule has 0 saturated heterocycles. The van der Waals surface area contributed by atoms with Crippen molar-refractivity contribution >= 4 is 28.3 Å². The molecule has 1 heterocycles. The largest absolute Gasteiger partial charge is 0.497 e. The highest BCUT2D eigenvalue weighted by Gasteiger charge is 2.09. The molecule has 166 valence electrons. The lowest BCUT2D eigenvalue weighted by molar-refractivity contribution is -0.115. The Morgan fingerprint density at radius 3 is 2.30 bits per heavy atom. The quantitative estimate of drug-likeness (QED) is 0.452. The summed E-state index contributed by atoms with van der Waals surface area (Å²) in [6.07, 6.45) is 1.91. The van der Waals surface area contributed by atoms with E-state index in [0.29, 0.717) is 17.6 Å². The number of carboxylic acids is 1. The topological polar surface area (TPSA) is 97.6 Å². The molecule has 0 aliphatic carbocycles. The Hall–Kier alpha value is -4.39. The molecule has 0 saturated carbocycles. The van der Waals surface area contributed by atoms with Crippen molar-refractivity contribution in [3.63, 3.8) is 0 Å². The Labute approximate surface area is 189 Å². The molecule has 7 nitrogen and oxygen atoms in total. The Kier molecular flexibility index (Phi) is 6.22. The second-order valence-electron chi connectivity index (χ2n) is 7.63. The summed E-state index contributed by atoms with van der Waals surface area (Å²) < 4.78 is 6.68. The molecule has 0 radical (unpaired) electrons. The van der Waals surface area contributed by atoms with Gasteiger partial charge in [-0.05, 0) is 59.0 Å². The molecule has 0 unspecified atom stereocenters. The number of anilines is 1. The maximum absolute atomic E-state index is 13.0. The van der Waals surface area contributed by atoms with Crippen LogP contribution in [0.5, 0.6) is 5.75 Å². The second-order valence-corrected chi connectivity index (χ2v) is 7.63. The number of rotatable bonds is 7. The first-order valence-electron chi connectivity index (χ1n) is 10.3. The minimum atomic E-state index is -0.994. The van der Waals surface area contributed by atoms with E-state index in [-0.39, 0.29) is 23.5 Å². The predicted molar refractivity (Wildman–Crippen MR) is 126 cm³/mol. The fourth-order valence-electron chi connectivity index (χ4n) is 3.57. The van der Waals surface area contributed by atoms with Crippen LogP contribution in [-0.4, -0.2) is 28.7 Å². The van der Waals surface area contributed by atoms with E-state index in [1.165, 1.54) is 12.1 Å². The molecule has 1 amide bonds. The van der Waals surface area contributed by atoms with Gasteiger partial charge in [0.15, 0.2) is 0 Å². The van der Waals surface area contributed by atoms with Gasteiger partial charge in [0.2, 0.25) is 5.91 Å². The van der Waals surface area contributed by atoms with Gasteiger partial charge in [-0.2, -0.15) is 0 Å². The molecule has 0 bridgehead atoms. The van der Waals surface area contributed by atoms with Crippen LogP contribution < -0.4 is 15.6 Å². The van der Waals surface area contributed by atoms with Crippen LogP contribution in [0.2, 0.25) is 0 Å². The van der Waals surface area contributed by atoms with Crippen molar-refractivity contribution in [2.45, 2.75) is 13.0 Å². The number of nitrogens with zero attached hydrogens (tertiary/aromatic N) is 1. The van der Waals surface area contributed by atoms with Crippen LogP contribution in [0.1, 0.15) is 21.5 Å². The smallest absolute Gasteiger partial charge is 0.335 e. The van der Waals surface area contributed by atoms with Crippen molar-refractivity contribution < 1.29 is 19.4 Å². The fraction of sp³-hybridized carbons (Fsp3) is 0.115. The summed E-state index contributed by atoms with van der Waals surface area (Å²) in [5, 5.41) is 13.1. The van der Waals surface area contributed by atoms with E-state index >= 15 is 0 Å². The first-order valence-corrected chi connectivity index (χ1v) is 10.3. The molecule has 0 atom stereocenters. The van der Waals surface area contributed by atoms with Gasteiger partial charge in [0.1, 0.15) is 5.75 Å². The van der Waals surface area contributed by atoms with Gasteiger partial charge in [0.25, 0.3) is 5.56 Å². The number of benzene rings is 3. The van der Waals surface area contributed by atoms with Crippen LogP contribution in [-0.2, 0) is 17.8 Å². The van der Waals surface area contributed by atoms with E-state index in [0.717, 1.165) is 22.3 Å². The molecule has 33 heavy (non-hydrogen) atoms. The van der Waals surface area contributed by atoms with Crippen LogP contribution in [0.4, 0.5) is 5.69 Å². The molecule has 2 N–H and O–H groups in total. The van der Waals surface area contributed by atoms with E-state index in [1.54, 1.807) is 60.3 Å². The standard InChI is InChI=1S/C26H22N2O5/c1-33-22-10-4-17(5-11-22)14-24(29)27-21-9-8-19-12-13-28(25(30)23(19)15-21)16-18-2-6-20(7-3-18)26(31)32/h2-13,15H,14,16H2,1H3,(H,27,29)(H,31,32). The number of amides is 1. The van der Waals surface area contributed by atoms with Gasteiger partial charge < -0.3 is 19.7 Å². The zero-order valence-corrected chi connectivity index (χ0v) is 17.9. The van der Waals surface area contributed by atoms with Gasteiger partial charge in [-0.1, -0.05) is 30.3 Å². The van der Waals surface area contributed by atoms with E-state index in [2.05, 4.69) is 5.32 Å². The predicted octanol–water partition coefficient (Wildman–Crippen LogP) is 3.94. The van der Waals surface area contributed by atoms with E-state index < -0.39 is 5.97 Å². The molecular formula is C26H22N2O5. The number of carbonyl (C=O) groups excluding carboxylic acids is 1. The van der Waals surface area contributed by atoms with Gasteiger partial charge >= 0.3 is 5.97 Å². The van der Waals surface area contributed by atoms with Crippen LogP contribution >= 0.6 is 0 Å². The first kappa shape index (κ1) is 21.8. The SMILES string of the molecule is COc1ccc(CC(=O)Nc2ccc3ccn(Cc4ccc(C(=O)O)cc4)c(=O)c3c2)cc1. The number of methoxy groups -OCH3 is 1. The molecule has 1 aromatic heterocycles. The Morgan fingerprint density at radius 2 is 1.64 bits per heavy atom. The number of aromatic nitrogens is 1. The second kappa shape index (κ2) is 9.40. The Bertz CT molecular complexity index is 1370. The third-order valence-electron chi connectivity index (χ3n) is 5.34. The summed E-state index contributed by atoms with van der Waals surface area (Å²) in [6, 6.07) is 20.8. The van der Waals surface area contributed by atoms with Gasteiger partial charge in [-0.25, -0.2) is 4.79 Å². The maximum atomic E-state index is 13.0. The number of ether oxygens (including phenoxy) is 1. The van der Waals surface area contributed by atoms with Crippen molar-refractivity contribution in [3.8, 4) is 5.75 Å². The number of carbonyl (C=O) groups is 2. The van der Waals surface area contributed by atoms with E-state index in [9.17, 15) is 14.4 Å². The highest BCUT2D eigenvalue weighted by atomic mass is 16.5. The first-order chi connectivity index (χ1) is 15.9. The molecule has 4 aromatic rings. The van der Waals surface area contributed by atoms with Crippen molar-refractivity contribution in [3.05, 3.63) is 106 Å². The minimum Gasteiger partial charge on any atom is -0.497 e. The van der Waals surface area contributed by atoms with Gasteiger partial charge in [-0.3, -0.25) is 9.59 Å². The lowest BCUT2D eigenvalue weighted by atomic mass is 10.1. The van der Waals surface area contributed by atoms with Crippen LogP contribution in [0, 0.1) is 0 Å². The Morgan fingerprint density at radius 1 is 0.939 bits per heavy atom. The van der Waals surface area contributed by atoms with E-state index in [1.807, 2.05) is 18.2 Å². The number of nitrogens with one attached hydrogen (secondary N) is 1. The molecule has 7 heteroatoms. The molecular weight excluding hydrogens is 420 g/mol. The van der Waals surface area contributed by atoms with Crippen molar-refractivity contribution in [2.24, 2.45) is 0 Å². The highest BCUT2D eigenvalue weighted by Crippen LogP contribution is 2.18. The zero-order chi connectivity index (χ0) is 23.4.